The van der Waals surface area contributed by atoms with Crippen LogP contribution in [0.5, 0.6) is 11.5 Å². The molecule has 0 aliphatic rings. The zero-order valence-corrected chi connectivity index (χ0v) is 14.0. The molecule has 23 heavy (non-hydrogen) atoms. The van der Waals surface area contributed by atoms with Crippen LogP contribution in [0, 0.1) is 6.92 Å². The molecule has 0 aliphatic heterocycles. The van der Waals surface area contributed by atoms with E-state index < -0.39 is 0 Å². The molecule has 0 radical (unpaired) electrons. The lowest BCUT2D eigenvalue weighted by molar-refractivity contribution is -0.115. The Morgan fingerprint density at radius 3 is 2.35 bits per heavy atom. The number of aromatic hydroxyl groups is 1. The summed E-state index contributed by atoms with van der Waals surface area (Å²) in [6.07, 6.45) is 0.288. The number of carbonyl (C=O) groups is 1. The second-order valence-electron chi connectivity index (χ2n) is 6.58. The van der Waals surface area contributed by atoms with Crippen LogP contribution in [0.2, 0.25) is 0 Å². The van der Waals surface area contributed by atoms with Crippen molar-refractivity contribution in [3.8, 4) is 11.5 Å². The van der Waals surface area contributed by atoms with Crippen LogP contribution in [0.3, 0.4) is 0 Å². The highest BCUT2D eigenvalue weighted by molar-refractivity contribution is 5.93. The molecular formula is C19H23NO3. The standard InChI is InChI=1S/C19H23NO3/c1-13-11-15(21)7-10-17(13)20-18(22)12-14-5-8-16(9-6-14)23-19(2,3)4/h5-11,21H,12H2,1-4H3,(H,20,22). The zero-order valence-electron chi connectivity index (χ0n) is 14.0. The third-order valence-corrected chi connectivity index (χ3v) is 3.20. The molecule has 4 heteroatoms. The Kier molecular flexibility index (Phi) is 4.94. The first-order valence-electron chi connectivity index (χ1n) is 7.60. The van der Waals surface area contributed by atoms with Crippen LogP contribution in [0.4, 0.5) is 5.69 Å². The topological polar surface area (TPSA) is 58.6 Å². The van der Waals surface area contributed by atoms with Crippen molar-refractivity contribution in [2.75, 3.05) is 5.32 Å². The highest BCUT2D eigenvalue weighted by Crippen LogP contribution is 2.21. The number of anilines is 1. The average molecular weight is 313 g/mol. The number of amides is 1. The molecule has 1 amide bonds. The number of ether oxygens (including phenoxy) is 1. The highest BCUT2D eigenvalue weighted by atomic mass is 16.5. The summed E-state index contributed by atoms with van der Waals surface area (Å²) in [6.45, 7) is 7.82. The van der Waals surface area contributed by atoms with Crippen molar-refractivity contribution in [2.24, 2.45) is 0 Å². The van der Waals surface area contributed by atoms with Crippen LogP contribution in [0.15, 0.2) is 42.5 Å². The Morgan fingerprint density at radius 2 is 1.78 bits per heavy atom. The van der Waals surface area contributed by atoms with Gasteiger partial charge in [-0.2, -0.15) is 0 Å². The fourth-order valence-corrected chi connectivity index (χ4v) is 2.20. The lowest BCUT2D eigenvalue weighted by atomic mass is 10.1. The molecule has 0 saturated carbocycles. The number of phenolic OH excluding ortho intramolecular Hbond substituents is 1. The van der Waals surface area contributed by atoms with Gasteiger partial charge in [-0.3, -0.25) is 4.79 Å². The highest BCUT2D eigenvalue weighted by Gasteiger charge is 2.12. The van der Waals surface area contributed by atoms with Crippen molar-refractivity contribution in [1.82, 2.24) is 0 Å². The van der Waals surface area contributed by atoms with Gasteiger partial charge in [-0.15, -0.1) is 0 Å². The number of rotatable bonds is 4. The molecular weight excluding hydrogens is 290 g/mol. The van der Waals surface area contributed by atoms with Crippen molar-refractivity contribution in [1.29, 1.82) is 0 Å². The van der Waals surface area contributed by atoms with E-state index in [0.29, 0.717) is 5.69 Å². The van der Waals surface area contributed by atoms with Gasteiger partial charge in [0.2, 0.25) is 5.91 Å². The lowest BCUT2D eigenvalue weighted by Crippen LogP contribution is -2.22. The van der Waals surface area contributed by atoms with E-state index in [9.17, 15) is 9.90 Å². The van der Waals surface area contributed by atoms with Crippen LogP contribution >= 0.6 is 0 Å². The summed E-state index contributed by atoms with van der Waals surface area (Å²) in [6, 6.07) is 12.4. The van der Waals surface area contributed by atoms with Crippen LogP contribution < -0.4 is 10.1 Å². The Balaban J connectivity index is 1.97. The third-order valence-electron chi connectivity index (χ3n) is 3.20. The van der Waals surface area contributed by atoms with Gasteiger partial charge in [-0.1, -0.05) is 12.1 Å². The van der Waals surface area contributed by atoms with Gasteiger partial charge in [0.15, 0.2) is 0 Å². The SMILES string of the molecule is Cc1cc(O)ccc1NC(=O)Cc1ccc(OC(C)(C)C)cc1. The van der Waals surface area contributed by atoms with Crippen molar-refractivity contribution < 1.29 is 14.6 Å². The smallest absolute Gasteiger partial charge is 0.228 e. The first-order chi connectivity index (χ1) is 10.7. The molecule has 4 nitrogen and oxygen atoms in total. The number of carbonyl (C=O) groups excluding carboxylic acids is 1. The number of aryl methyl sites for hydroxylation is 1. The summed E-state index contributed by atoms with van der Waals surface area (Å²) < 4.78 is 5.76. The van der Waals surface area contributed by atoms with E-state index in [2.05, 4.69) is 5.32 Å². The molecule has 0 unspecified atom stereocenters. The Morgan fingerprint density at radius 1 is 1.13 bits per heavy atom. The van der Waals surface area contributed by atoms with Crippen molar-refractivity contribution in [3.05, 3.63) is 53.6 Å². The van der Waals surface area contributed by atoms with Crippen LogP contribution in [-0.4, -0.2) is 16.6 Å². The number of benzene rings is 2. The molecule has 0 fully saturated rings. The predicted octanol–water partition coefficient (Wildman–Crippen LogP) is 4.06. The fourth-order valence-electron chi connectivity index (χ4n) is 2.20. The molecule has 0 bridgehead atoms. The minimum absolute atomic E-state index is 0.0942. The van der Waals surface area contributed by atoms with E-state index in [1.54, 1.807) is 18.2 Å². The van der Waals surface area contributed by atoms with E-state index in [-0.39, 0.29) is 23.7 Å². The molecule has 2 rings (SSSR count). The monoisotopic (exact) mass is 313 g/mol. The molecule has 0 aliphatic carbocycles. The van der Waals surface area contributed by atoms with Gasteiger partial charge in [-0.05, 0) is 69.2 Å². The largest absolute Gasteiger partial charge is 0.508 e. The van der Waals surface area contributed by atoms with Crippen molar-refractivity contribution in [2.45, 2.75) is 39.7 Å². The number of hydrogen-bond acceptors (Lipinski definition) is 3. The van der Waals surface area contributed by atoms with E-state index in [0.717, 1.165) is 16.9 Å². The molecule has 0 atom stereocenters. The Bertz CT molecular complexity index is 685. The van der Waals surface area contributed by atoms with E-state index in [1.807, 2.05) is 52.0 Å². The molecule has 122 valence electrons. The van der Waals surface area contributed by atoms with Gasteiger partial charge in [0.1, 0.15) is 17.1 Å². The zero-order chi connectivity index (χ0) is 17.0. The maximum Gasteiger partial charge on any atom is 0.228 e. The van der Waals surface area contributed by atoms with Gasteiger partial charge >= 0.3 is 0 Å². The van der Waals surface area contributed by atoms with Gasteiger partial charge < -0.3 is 15.2 Å². The summed E-state index contributed by atoms with van der Waals surface area (Å²) in [5.41, 5.74) is 2.21. The molecule has 0 saturated heterocycles. The molecule has 2 N–H and O–H groups in total. The summed E-state index contributed by atoms with van der Waals surface area (Å²) in [5.74, 6) is 0.884. The maximum absolute atomic E-state index is 12.1. The first-order valence-corrected chi connectivity index (χ1v) is 7.60. The predicted molar refractivity (Wildman–Crippen MR) is 92.0 cm³/mol. The third kappa shape index (κ3) is 5.33. The summed E-state index contributed by atoms with van der Waals surface area (Å²) in [4.78, 5) is 12.1. The Labute approximate surface area is 137 Å². The second-order valence-corrected chi connectivity index (χ2v) is 6.58. The lowest BCUT2D eigenvalue weighted by Gasteiger charge is -2.21. The fraction of sp³-hybridized carbons (Fsp3) is 0.316. The van der Waals surface area contributed by atoms with Gasteiger partial charge in [0.05, 0.1) is 6.42 Å². The minimum Gasteiger partial charge on any atom is -0.508 e. The van der Waals surface area contributed by atoms with Crippen LogP contribution in [-0.2, 0) is 11.2 Å². The van der Waals surface area contributed by atoms with Crippen molar-refractivity contribution >= 4 is 11.6 Å². The summed E-state index contributed by atoms with van der Waals surface area (Å²) in [7, 11) is 0. The maximum atomic E-state index is 12.1. The second kappa shape index (κ2) is 6.73. The normalized spacial score (nSPS) is 11.1. The summed E-state index contributed by atoms with van der Waals surface area (Å²) >= 11 is 0. The Hall–Kier alpha value is -2.49. The molecule has 2 aromatic carbocycles. The first kappa shape index (κ1) is 16.9. The van der Waals surface area contributed by atoms with Gasteiger partial charge in [0.25, 0.3) is 0 Å². The van der Waals surface area contributed by atoms with E-state index >= 15 is 0 Å². The molecule has 0 heterocycles. The quantitative estimate of drug-likeness (QED) is 0.837. The summed E-state index contributed by atoms with van der Waals surface area (Å²) in [5, 5.41) is 12.2. The van der Waals surface area contributed by atoms with Crippen LogP contribution in [0.1, 0.15) is 31.9 Å². The van der Waals surface area contributed by atoms with E-state index in [1.165, 1.54) is 0 Å². The van der Waals surface area contributed by atoms with E-state index in [4.69, 9.17) is 4.74 Å². The molecule has 2 aromatic rings. The van der Waals surface area contributed by atoms with Gasteiger partial charge in [0, 0.05) is 5.69 Å². The average Bonchev–Trinajstić information content (AvgIpc) is 2.42. The number of hydrogen-bond donors (Lipinski definition) is 2. The van der Waals surface area contributed by atoms with Crippen LogP contribution in [0.25, 0.3) is 0 Å². The van der Waals surface area contributed by atoms with Gasteiger partial charge in [-0.25, -0.2) is 0 Å². The van der Waals surface area contributed by atoms with Crippen molar-refractivity contribution in [3.63, 3.8) is 0 Å². The number of nitrogens with one attached hydrogen (secondary N) is 1. The molecule has 0 spiro atoms. The molecule has 0 aromatic heterocycles. The minimum atomic E-state index is -0.241. The number of phenols is 1.